The molecule has 19 heavy (non-hydrogen) atoms. The minimum Gasteiger partial charge on any atom is -0.400 e. The van der Waals surface area contributed by atoms with Crippen LogP contribution in [0.1, 0.15) is 33.0 Å². The molecule has 1 aliphatic rings. The molecule has 2 N–H and O–H groups in total. The van der Waals surface area contributed by atoms with E-state index in [9.17, 15) is 0 Å². The summed E-state index contributed by atoms with van der Waals surface area (Å²) in [4.78, 5) is 11.1. The maximum absolute atomic E-state index is 7.00. The van der Waals surface area contributed by atoms with Crippen LogP contribution in [0.15, 0.2) is 6.20 Å². The number of anilines is 1. The van der Waals surface area contributed by atoms with E-state index in [0.717, 1.165) is 36.3 Å². The standard InChI is InChI=1S/C10H13N5.C2H6.CH4O/c1-6-3-4-15(6)10-8-5-11-14-9(8)12-7(2)13-10;2*1-2/h5-6H,3-4H2,1-2H3,(H,11,12,13,14);1-2H3;2H,1H3. The van der Waals surface area contributed by atoms with E-state index in [4.69, 9.17) is 5.11 Å². The monoisotopic (exact) mass is 265 g/mol. The van der Waals surface area contributed by atoms with Gasteiger partial charge < -0.3 is 10.0 Å². The van der Waals surface area contributed by atoms with Crippen LogP contribution >= 0.6 is 0 Å². The molecule has 0 radical (unpaired) electrons. The normalized spacial score (nSPS) is 16.9. The number of hydrogen-bond acceptors (Lipinski definition) is 5. The van der Waals surface area contributed by atoms with Crippen molar-refractivity contribution < 1.29 is 5.11 Å². The Morgan fingerprint density at radius 3 is 2.53 bits per heavy atom. The van der Waals surface area contributed by atoms with Gasteiger partial charge >= 0.3 is 0 Å². The third-order valence-corrected chi connectivity index (χ3v) is 2.99. The molecule has 1 unspecified atom stereocenters. The maximum Gasteiger partial charge on any atom is 0.161 e. The lowest BCUT2D eigenvalue weighted by Crippen LogP contribution is -2.46. The summed E-state index contributed by atoms with van der Waals surface area (Å²) in [6.45, 7) is 9.21. The van der Waals surface area contributed by atoms with Gasteiger partial charge in [0, 0.05) is 19.7 Å². The Hall–Kier alpha value is -1.69. The predicted molar refractivity (Wildman–Crippen MR) is 77.3 cm³/mol. The van der Waals surface area contributed by atoms with E-state index in [1.54, 1.807) is 6.20 Å². The quantitative estimate of drug-likeness (QED) is 0.823. The Bertz CT molecular complexity index is 511. The van der Waals surface area contributed by atoms with Gasteiger partial charge in [-0.3, -0.25) is 5.10 Å². The van der Waals surface area contributed by atoms with Crippen LogP contribution in [0.25, 0.3) is 11.0 Å². The summed E-state index contributed by atoms with van der Waals surface area (Å²) in [5, 5.41) is 14.9. The van der Waals surface area contributed by atoms with E-state index >= 15 is 0 Å². The summed E-state index contributed by atoms with van der Waals surface area (Å²) in [5.41, 5.74) is 0.830. The lowest BCUT2D eigenvalue weighted by molar-refractivity contribution is 0.399. The molecule has 1 aliphatic heterocycles. The van der Waals surface area contributed by atoms with E-state index in [1.807, 2.05) is 20.8 Å². The van der Waals surface area contributed by atoms with Gasteiger partial charge in [0.1, 0.15) is 11.6 Å². The molecular weight excluding hydrogens is 242 g/mol. The number of nitrogens with one attached hydrogen (secondary N) is 1. The van der Waals surface area contributed by atoms with Crippen LogP contribution in [-0.4, -0.2) is 45.0 Å². The van der Waals surface area contributed by atoms with E-state index in [1.165, 1.54) is 6.42 Å². The smallest absolute Gasteiger partial charge is 0.161 e. The molecule has 0 spiro atoms. The number of nitrogens with zero attached hydrogens (tertiary/aromatic N) is 4. The molecule has 1 fully saturated rings. The number of aromatic nitrogens is 4. The lowest BCUT2D eigenvalue weighted by atomic mass is 10.1. The average molecular weight is 265 g/mol. The second-order valence-corrected chi connectivity index (χ2v) is 4.06. The summed E-state index contributed by atoms with van der Waals surface area (Å²) in [5.74, 6) is 1.81. The van der Waals surface area contributed by atoms with Crippen molar-refractivity contribution in [2.24, 2.45) is 0 Å². The van der Waals surface area contributed by atoms with E-state index in [0.29, 0.717) is 6.04 Å². The zero-order chi connectivity index (χ0) is 14.4. The first-order chi connectivity index (χ1) is 9.25. The Balaban J connectivity index is 0.000000415. The van der Waals surface area contributed by atoms with Gasteiger partial charge in [-0.25, -0.2) is 9.97 Å². The fourth-order valence-electron chi connectivity index (χ4n) is 1.98. The number of hydrogen-bond donors (Lipinski definition) is 2. The number of rotatable bonds is 1. The topological polar surface area (TPSA) is 77.9 Å². The van der Waals surface area contributed by atoms with Crippen molar-refractivity contribution in [1.82, 2.24) is 20.2 Å². The maximum atomic E-state index is 7.00. The predicted octanol–water partition coefficient (Wildman–Crippen LogP) is 1.89. The number of aliphatic hydroxyl groups excluding tert-OH is 1. The van der Waals surface area contributed by atoms with Crippen LogP contribution in [0.3, 0.4) is 0 Å². The van der Waals surface area contributed by atoms with Crippen LogP contribution < -0.4 is 4.90 Å². The Kier molecular flexibility index (Phi) is 5.69. The van der Waals surface area contributed by atoms with E-state index < -0.39 is 0 Å². The Morgan fingerprint density at radius 1 is 1.32 bits per heavy atom. The van der Waals surface area contributed by atoms with Crippen LogP contribution in [0.4, 0.5) is 5.82 Å². The molecule has 0 saturated carbocycles. The highest BCUT2D eigenvalue weighted by Crippen LogP contribution is 2.29. The summed E-state index contributed by atoms with van der Waals surface area (Å²) < 4.78 is 0. The Labute approximate surface area is 113 Å². The third kappa shape index (κ3) is 3.01. The van der Waals surface area contributed by atoms with Gasteiger partial charge in [0.05, 0.1) is 11.6 Å². The molecule has 106 valence electrons. The van der Waals surface area contributed by atoms with Gasteiger partial charge in [-0.2, -0.15) is 5.10 Å². The number of H-pyrrole nitrogens is 1. The van der Waals surface area contributed by atoms with Crippen LogP contribution in [0.2, 0.25) is 0 Å². The largest absolute Gasteiger partial charge is 0.400 e. The van der Waals surface area contributed by atoms with Crippen molar-refractivity contribution in [3.63, 3.8) is 0 Å². The number of aromatic amines is 1. The zero-order valence-electron chi connectivity index (χ0n) is 12.3. The number of aliphatic hydroxyl groups is 1. The molecule has 0 bridgehead atoms. The van der Waals surface area contributed by atoms with Crippen LogP contribution in [-0.2, 0) is 0 Å². The van der Waals surface area contributed by atoms with Crippen LogP contribution in [0, 0.1) is 6.92 Å². The molecule has 2 aromatic heterocycles. The highest BCUT2D eigenvalue weighted by Gasteiger charge is 2.27. The summed E-state index contributed by atoms with van der Waals surface area (Å²) in [6, 6.07) is 0.581. The second-order valence-electron chi connectivity index (χ2n) is 4.06. The van der Waals surface area contributed by atoms with Crippen molar-refractivity contribution in [1.29, 1.82) is 0 Å². The van der Waals surface area contributed by atoms with E-state index in [-0.39, 0.29) is 0 Å². The number of aryl methyl sites for hydroxylation is 1. The third-order valence-electron chi connectivity index (χ3n) is 2.99. The summed E-state index contributed by atoms with van der Waals surface area (Å²) in [7, 11) is 1.00. The molecule has 3 heterocycles. The molecule has 0 aromatic carbocycles. The SMILES string of the molecule is CC.CO.Cc1nc(N2CCC2C)c2cn[nH]c2n1. The fourth-order valence-corrected chi connectivity index (χ4v) is 1.98. The van der Waals surface area contributed by atoms with Gasteiger partial charge in [-0.1, -0.05) is 13.8 Å². The first kappa shape index (κ1) is 15.4. The summed E-state index contributed by atoms with van der Waals surface area (Å²) >= 11 is 0. The minimum absolute atomic E-state index is 0.581. The zero-order valence-corrected chi connectivity index (χ0v) is 12.3. The average Bonchev–Trinajstić information content (AvgIpc) is 2.90. The second kappa shape index (κ2) is 7.04. The molecule has 0 aliphatic carbocycles. The summed E-state index contributed by atoms with van der Waals surface area (Å²) in [6.07, 6.45) is 3.04. The molecule has 3 rings (SSSR count). The molecule has 0 amide bonds. The van der Waals surface area contributed by atoms with E-state index in [2.05, 4.69) is 32.0 Å². The molecule has 6 heteroatoms. The van der Waals surface area contributed by atoms with Crippen molar-refractivity contribution in [3.8, 4) is 0 Å². The van der Waals surface area contributed by atoms with Crippen molar-refractivity contribution in [2.45, 2.75) is 40.2 Å². The first-order valence-corrected chi connectivity index (χ1v) is 6.65. The molecule has 2 aromatic rings. The number of fused-ring (bicyclic) bond motifs is 1. The molecule has 1 saturated heterocycles. The van der Waals surface area contributed by atoms with Crippen LogP contribution in [0.5, 0.6) is 0 Å². The fraction of sp³-hybridized carbons (Fsp3) is 0.615. The van der Waals surface area contributed by atoms with Gasteiger partial charge in [-0.15, -0.1) is 0 Å². The van der Waals surface area contributed by atoms with Gasteiger partial charge in [0.2, 0.25) is 0 Å². The van der Waals surface area contributed by atoms with Crippen molar-refractivity contribution in [2.75, 3.05) is 18.6 Å². The first-order valence-electron chi connectivity index (χ1n) is 6.65. The Morgan fingerprint density at radius 2 is 2.00 bits per heavy atom. The molecular formula is C13H23N5O. The molecule has 6 nitrogen and oxygen atoms in total. The van der Waals surface area contributed by atoms with Crippen molar-refractivity contribution >= 4 is 16.9 Å². The van der Waals surface area contributed by atoms with Gasteiger partial charge in [0.15, 0.2) is 5.65 Å². The molecule has 1 atom stereocenters. The van der Waals surface area contributed by atoms with Crippen molar-refractivity contribution in [3.05, 3.63) is 12.0 Å². The lowest BCUT2D eigenvalue weighted by Gasteiger charge is -2.39. The highest BCUT2D eigenvalue weighted by atomic mass is 16.2. The highest BCUT2D eigenvalue weighted by molar-refractivity contribution is 5.86. The minimum atomic E-state index is 0.581. The van der Waals surface area contributed by atoms with Gasteiger partial charge in [0.25, 0.3) is 0 Å². The van der Waals surface area contributed by atoms with Gasteiger partial charge in [-0.05, 0) is 20.3 Å².